The third-order valence-electron chi connectivity index (χ3n) is 5.43. The molecule has 0 spiro atoms. The molecule has 1 N–H and O–H groups in total. The first-order chi connectivity index (χ1) is 14.0. The van der Waals surface area contributed by atoms with Crippen molar-refractivity contribution < 1.29 is 19.1 Å². The van der Waals surface area contributed by atoms with E-state index in [0.29, 0.717) is 18.0 Å². The van der Waals surface area contributed by atoms with Crippen LogP contribution in [0.1, 0.15) is 37.4 Å². The van der Waals surface area contributed by atoms with Crippen molar-refractivity contribution >= 4 is 17.5 Å². The summed E-state index contributed by atoms with van der Waals surface area (Å²) in [5.41, 5.74) is 2.93. The molecule has 0 aliphatic carbocycles. The summed E-state index contributed by atoms with van der Waals surface area (Å²) in [6.45, 7) is 4.38. The summed E-state index contributed by atoms with van der Waals surface area (Å²) in [6, 6.07) is 13.2. The van der Waals surface area contributed by atoms with E-state index in [1.807, 2.05) is 49.4 Å². The van der Waals surface area contributed by atoms with Crippen LogP contribution in [0.5, 0.6) is 11.5 Å². The van der Waals surface area contributed by atoms with Gasteiger partial charge in [0.15, 0.2) is 11.5 Å². The van der Waals surface area contributed by atoms with Crippen LogP contribution in [-0.4, -0.2) is 32.6 Å². The molecular formula is C23H28N2O4. The molecule has 0 radical (unpaired) electrons. The number of ether oxygens (including phenoxy) is 2. The van der Waals surface area contributed by atoms with Gasteiger partial charge in [0.25, 0.3) is 0 Å². The number of hydrogen-bond donors (Lipinski definition) is 1. The molecule has 6 heteroatoms. The van der Waals surface area contributed by atoms with Crippen LogP contribution >= 0.6 is 0 Å². The number of carbonyl (C=O) groups excluding carboxylic acids is 2. The Labute approximate surface area is 171 Å². The van der Waals surface area contributed by atoms with Crippen molar-refractivity contribution in [2.75, 3.05) is 25.7 Å². The number of methoxy groups -OCH3 is 2. The van der Waals surface area contributed by atoms with Crippen LogP contribution in [0, 0.1) is 5.92 Å². The topological polar surface area (TPSA) is 67.9 Å². The number of nitrogens with zero attached hydrogens (tertiary/aromatic N) is 1. The summed E-state index contributed by atoms with van der Waals surface area (Å²) in [5.74, 6) is 0.767. The number of amides is 2. The van der Waals surface area contributed by atoms with Gasteiger partial charge in [0.1, 0.15) is 0 Å². The van der Waals surface area contributed by atoms with Crippen LogP contribution in [0.3, 0.4) is 0 Å². The molecule has 0 aromatic heterocycles. The number of hydrogen-bond acceptors (Lipinski definition) is 4. The van der Waals surface area contributed by atoms with Gasteiger partial charge in [-0.15, -0.1) is 0 Å². The zero-order chi connectivity index (χ0) is 21.0. The fourth-order valence-electron chi connectivity index (χ4n) is 3.73. The average molecular weight is 396 g/mol. The van der Waals surface area contributed by atoms with E-state index in [0.717, 1.165) is 23.2 Å². The van der Waals surface area contributed by atoms with Crippen LogP contribution in [0.2, 0.25) is 0 Å². The number of para-hydroxylation sites is 1. The van der Waals surface area contributed by atoms with E-state index in [9.17, 15) is 9.59 Å². The molecule has 1 heterocycles. The first-order valence-corrected chi connectivity index (χ1v) is 9.89. The highest BCUT2D eigenvalue weighted by atomic mass is 16.5. The Balaban J connectivity index is 1.69. The van der Waals surface area contributed by atoms with Crippen molar-refractivity contribution in [3.63, 3.8) is 0 Å². The molecule has 2 unspecified atom stereocenters. The number of rotatable bonds is 7. The van der Waals surface area contributed by atoms with Gasteiger partial charge >= 0.3 is 0 Å². The molecule has 3 rings (SSSR count). The first kappa shape index (κ1) is 20.7. The minimum Gasteiger partial charge on any atom is -0.493 e. The summed E-state index contributed by atoms with van der Waals surface area (Å²) in [5, 5.41) is 3.03. The molecule has 2 atom stereocenters. The Kier molecular flexibility index (Phi) is 6.42. The molecule has 0 bridgehead atoms. The summed E-state index contributed by atoms with van der Waals surface area (Å²) in [4.78, 5) is 27.2. The Hall–Kier alpha value is -3.02. The minimum atomic E-state index is -0.366. The van der Waals surface area contributed by atoms with Gasteiger partial charge in [-0.05, 0) is 42.7 Å². The lowest BCUT2D eigenvalue weighted by atomic mass is 10.0. The highest BCUT2D eigenvalue weighted by Gasteiger charge is 2.36. The largest absolute Gasteiger partial charge is 0.493 e. The maximum atomic E-state index is 12.8. The van der Waals surface area contributed by atoms with Gasteiger partial charge < -0.3 is 19.7 Å². The molecule has 1 saturated heterocycles. The highest BCUT2D eigenvalue weighted by Crippen LogP contribution is 2.31. The second-order valence-corrected chi connectivity index (χ2v) is 7.23. The molecule has 0 saturated carbocycles. The van der Waals surface area contributed by atoms with E-state index >= 15 is 0 Å². The normalized spacial score (nSPS) is 17.2. The third kappa shape index (κ3) is 4.36. The van der Waals surface area contributed by atoms with Gasteiger partial charge in [0.2, 0.25) is 11.8 Å². The zero-order valence-corrected chi connectivity index (χ0v) is 17.4. The van der Waals surface area contributed by atoms with Crippen molar-refractivity contribution in [2.45, 2.75) is 32.7 Å². The fourth-order valence-corrected chi connectivity index (χ4v) is 3.73. The Morgan fingerprint density at radius 3 is 2.59 bits per heavy atom. The molecule has 1 fully saturated rings. The average Bonchev–Trinajstić information content (AvgIpc) is 3.14. The van der Waals surface area contributed by atoms with Gasteiger partial charge in [-0.25, -0.2) is 0 Å². The lowest BCUT2D eigenvalue weighted by Gasteiger charge is -2.21. The summed E-state index contributed by atoms with van der Waals surface area (Å²) in [6.07, 6.45) is 1.07. The van der Waals surface area contributed by atoms with E-state index in [1.54, 1.807) is 19.1 Å². The van der Waals surface area contributed by atoms with E-state index in [-0.39, 0.29) is 30.2 Å². The summed E-state index contributed by atoms with van der Waals surface area (Å²) < 4.78 is 10.6. The van der Waals surface area contributed by atoms with Gasteiger partial charge in [-0.2, -0.15) is 0 Å². The molecule has 2 aromatic carbocycles. The predicted octanol–water partition coefficient (Wildman–Crippen LogP) is 3.50. The van der Waals surface area contributed by atoms with Crippen LogP contribution in [0.25, 0.3) is 0 Å². The van der Waals surface area contributed by atoms with Crippen molar-refractivity contribution in [2.24, 2.45) is 5.92 Å². The molecule has 29 heavy (non-hydrogen) atoms. The van der Waals surface area contributed by atoms with E-state index in [2.05, 4.69) is 12.2 Å². The monoisotopic (exact) mass is 396 g/mol. The van der Waals surface area contributed by atoms with E-state index in [4.69, 9.17) is 9.47 Å². The van der Waals surface area contributed by atoms with Crippen molar-refractivity contribution in [3.8, 4) is 11.5 Å². The number of carbonyl (C=O) groups is 2. The molecule has 2 aromatic rings. The minimum absolute atomic E-state index is 0.00943. The zero-order valence-electron chi connectivity index (χ0n) is 17.4. The highest BCUT2D eigenvalue weighted by molar-refractivity contribution is 6.00. The van der Waals surface area contributed by atoms with Gasteiger partial charge in [0, 0.05) is 18.7 Å². The third-order valence-corrected chi connectivity index (χ3v) is 5.43. The van der Waals surface area contributed by atoms with Crippen LogP contribution in [0.15, 0.2) is 42.5 Å². The number of nitrogens with one attached hydrogen (secondary N) is 1. The molecule has 6 nitrogen and oxygen atoms in total. The maximum Gasteiger partial charge on any atom is 0.227 e. The Morgan fingerprint density at radius 2 is 1.90 bits per heavy atom. The Morgan fingerprint density at radius 1 is 1.17 bits per heavy atom. The lowest BCUT2D eigenvalue weighted by molar-refractivity contribution is -0.126. The summed E-state index contributed by atoms with van der Waals surface area (Å²) in [7, 11) is 3.17. The maximum absolute atomic E-state index is 12.8. The van der Waals surface area contributed by atoms with Crippen LogP contribution in [-0.2, 0) is 16.0 Å². The van der Waals surface area contributed by atoms with Crippen LogP contribution in [0.4, 0.5) is 5.69 Å². The van der Waals surface area contributed by atoms with Gasteiger partial charge in [0.05, 0.1) is 26.2 Å². The van der Waals surface area contributed by atoms with Crippen molar-refractivity contribution in [1.29, 1.82) is 0 Å². The SMILES string of the molecule is CCc1ccccc1N1CC(C(=O)NC(C)c2ccc(OC)c(OC)c2)CC1=O. The second-order valence-electron chi connectivity index (χ2n) is 7.23. The Bertz CT molecular complexity index is 896. The van der Waals surface area contributed by atoms with Gasteiger partial charge in [-0.1, -0.05) is 31.2 Å². The van der Waals surface area contributed by atoms with Crippen LogP contribution < -0.4 is 19.7 Å². The van der Waals surface area contributed by atoms with Crippen molar-refractivity contribution in [3.05, 3.63) is 53.6 Å². The smallest absolute Gasteiger partial charge is 0.227 e. The second kappa shape index (κ2) is 8.99. The number of anilines is 1. The first-order valence-electron chi connectivity index (χ1n) is 9.89. The van der Waals surface area contributed by atoms with E-state index < -0.39 is 0 Å². The standard InChI is InChI=1S/C23H28N2O4/c1-5-16-8-6-7-9-19(16)25-14-18(13-22(25)26)23(27)24-15(2)17-10-11-20(28-3)21(12-17)29-4/h6-12,15,18H,5,13-14H2,1-4H3,(H,24,27). The molecular weight excluding hydrogens is 368 g/mol. The molecule has 1 aliphatic rings. The predicted molar refractivity (Wildman–Crippen MR) is 112 cm³/mol. The summed E-state index contributed by atoms with van der Waals surface area (Å²) >= 11 is 0. The number of aryl methyl sites for hydroxylation is 1. The van der Waals surface area contributed by atoms with Crippen molar-refractivity contribution in [1.82, 2.24) is 5.32 Å². The molecule has 2 amide bonds. The molecule has 154 valence electrons. The number of benzene rings is 2. The fraction of sp³-hybridized carbons (Fsp3) is 0.391. The van der Waals surface area contributed by atoms with E-state index in [1.165, 1.54) is 0 Å². The lowest BCUT2D eigenvalue weighted by Crippen LogP contribution is -2.34. The molecule has 1 aliphatic heterocycles. The quantitative estimate of drug-likeness (QED) is 0.778. The van der Waals surface area contributed by atoms with Gasteiger partial charge in [-0.3, -0.25) is 9.59 Å².